The molecule has 3 saturated heterocycles. The Morgan fingerprint density at radius 1 is 1.16 bits per heavy atom. The van der Waals surface area contributed by atoms with Crippen molar-refractivity contribution in [3.05, 3.63) is 81.8 Å². The maximum absolute atomic E-state index is 12.8. The molecule has 4 aliphatic rings. The molecule has 10 heteroatoms. The smallest absolute Gasteiger partial charge is 0.318 e. The van der Waals surface area contributed by atoms with Crippen molar-refractivity contribution in [3.63, 3.8) is 0 Å². The number of anilines is 1. The van der Waals surface area contributed by atoms with Gasteiger partial charge in [-0.05, 0) is 68.8 Å². The minimum Gasteiger partial charge on any atom is -0.461 e. The largest absolute Gasteiger partial charge is 0.461 e. The zero-order chi connectivity index (χ0) is 31.0. The number of aromatic nitrogens is 2. The second-order valence-corrected chi connectivity index (χ2v) is 13.0. The number of allylic oxidation sites excluding steroid dienone is 1. The summed E-state index contributed by atoms with van der Waals surface area (Å²) in [4.78, 5) is 33.1. The van der Waals surface area contributed by atoms with E-state index in [4.69, 9.17) is 37.6 Å². The summed E-state index contributed by atoms with van der Waals surface area (Å²) in [7, 11) is 0. The number of piperazine rings is 1. The molecular weight excluding hydrogens is 588 g/mol. The number of carbonyl (C=O) groups is 1. The van der Waals surface area contributed by atoms with E-state index < -0.39 is 0 Å². The van der Waals surface area contributed by atoms with Gasteiger partial charge in [0.05, 0.1) is 23.9 Å². The maximum atomic E-state index is 12.8. The van der Waals surface area contributed by atoms with Crippen LogP contribution >= 0.6 is 11.6 Å². The van der Waals surface area contributed by atoms with Crippen LogP contribution in [0.25, 0.3) is 15.6 Å². The summed E-state index contributed by atoms with van der Waals surface area (Å²) in [5.74, 6) is 0.723. The van der Waals surface area contributed by atoms with Gasteiger partial charge in [-0.1, -0.05) is 48.0 Å². The fourth-order valence-corrected chi connectivity index (χ4v) is 8.14. The molecule has 2 aromatic carbocycles. The van der Waals surface area contributed by atoms with Gasteiger partial charge in [0.15, 0.2) is 0 Å². The molecule has 4 aliphatic heterocycles. The fraction of sp³-hybridized carbons (Fsp3) is 0.486. The van der Waals surface area contributed by atoms with Crippen LogP contribution in [0.5, 0.6) is 6.01 Å². The average molecular weight is 627 g/mol. The van der Waals surface area contributed by atoms with E-state index in [1.165, 1.54) is 12.8 Å². The Kier molecular flexibility index (Phi) is 8.38. The quantitative estimate of drug-likeness (QED) is 0.249. The van der Waals surface area contributed by atoms with E-state index >= 15 is 0 Å². The summed E-state index contributed by atoms with van der Waals surface area (Å²) in [5, 5.41) is 2.79. The second kappa shape index (κ2) is 12.6. The molecule has 0 saturated carbocycles. The molecule has 3 fully saturated rings. The Morgan fingerprint density at radius 3 is 2.73 bits per heavy atom. The van der Waals surface area contributed by atoms with Crippen LogP contribution in [-0.2, 0) is 22.6 Å². The number of fused-ring (bicyclic) bond motifs is 3. The Morgan fingerprint density at radius 2 is 1.96 bits per heavy atom. The summed E-state index contributed by atoms with van der Waals surface area (Å²) in [6.45, 7) is 14.4. The molecule has 1 amide bonds. The van der Waals surface area contributed by atoms with Gasteiger partial charge in [0.2, 0.25) is 12.5 Å². The zero-order valence-corrected chi connectivity index (χ0v) is 26.5. The van der Waals surface area contributed by atoms with Gasteiger partial charge < -0.3 is 24.1 Å². The highest BCUT2D eigenvalue weighted by molar-refractivity contribution is 6.35. The molecule has 0 spiro atoms. The summed E-state index contributed by atoms with van der Waals surface area (Å²) in [6.07, 6.45) is 8.35. The molecule has 0 aliphatic carbocycles. The van der Waals surface area contributed by atoms with Gasteiger partial charge in [-0.3, -0.25) is 9.69 Å². The van der Waals surface area contributed by atoms with Crippen LogP contribution in [0.1, 0.15) is 55.5 Å². The predicted octanol–water partition coefficient (Wildman–Crippen LogP) is 5.62. The van der Waals surface area contributed by atoms with Crippen LogP contribution in [0.15, 0.2) is 48.6 Å². The van der Waals surface area contributed by atoms with Crippen molar-refractivity contribution in [2.24, 2.45) is 0 Å². The normalized spacial score (nSPS) is 22.9. The Hall–Kier alpha value is -3.71. The topological polar surface area (TPSA) is 75.4 Å². The standard InChI is InChI=1S/C35H39ClN6O3/c1-3-8-31(43)42-18-17-40(21-25(42)20-37-2)33-27-22-44-30(26-11-4-9-24-10-5-12-28(36)32(24)26)19-29(27)38-34(39-33)45-23-35-13-6-15-41(35)16-7-14-35/h3-5,8-12,25,30H,6-7,13-23H2,1H3/b8-3+/t25-,30?/m0/s1. The van der Waals surface area contributed by atoms with Crippen molar-refractivity contribution in [1.29, 1.82) is 0 Å². The van der Waals surface area contributed by atoms with Gasteiger partial charge in [0.1, 0.15) is 18.5 Å². The van der Waals surface area contributed by atoms with E-state index in [1.807, 2.05) is 30.0 Å². The average Bonchev–Trinajstić information content (AvgIpc) is 3.64. The third-order valence-electron chi connectivity index (χ3n) is 10.0. The lowest BCUT2D eigenvalue weighted by Gasteiger charge is -2.40. The zero-order valence-electron chi connectivity index (χ0n) is 25.8. The van der Waals surface area contributed by atoms with E-state index in [-0.39, 0.29) is 30.1 Å². The van der Waals surface area contributed by atoms with Crippen LogP contribution in [0.3, 0.4) is 0 Å². The minimum absolute atomic E-state index is 0.0589. The SMILES string of the molecule is [C-]#[N+]C[C@H]1CN(c2nc(OCC34CCCN3CCC4)nc3c2COC(c2cccc4cccc(Cl)c24)C3)CCN1C(=O)/C=C/C. The summed E-state index contributed by atoms with van der Waals surface area (Å²) in [6, 6.07) is 12.3. The monoisotopic (exact) mass is 626 g/mol. The number of nitrogens with zero attached hydrogens (tertiary/aromatic N) is 6. The molecule has 5 heterocycles. The number of benzene rings is 2. The van der Waals surface area contributed by atoms with Gasteiger partial charge in [-0.25, -0.2) is 6.57 Å². The van der Waals surface area contributed by atoms with E-state index in [1.54, 1.807) is 12.2 Å². The third-order valence-corrected chi connectivity index (χ3v) is 10.4. The summed E-state index contributed by atoms with van der Waals surface area (Å²) in [5.41, 5.74) is 2.98. The molecule has 45 heavy (non-hydrogen) atoms. The Balaban J connectivity index is 1.23. The molecule has 9 nitrogen and oxygen atoms in total. The van der Waals surface area contributed by atoms with Crippen molar-refractivity contribution in [2.75, 3.05) is 50.8 Å². The lowest BCUT2D eigenvalue weighted by molar-refractivity contribution is -0.128. The number of ether oxygens (including phenoxy) is 2. The molecule has 0 N–H and O–H groups in total. The van der Waals surface area contributed by atoms with Crippen LogP contribution in [0, 0.1) is 6.57 Å². The Labute approximate surface area is 269 Å². The van der Waals surface area contributed by atoms with E-state index in [0.29, 0.717) is 50.3 Å². The van der Waals surface area contributed by atoms with Gasteiger partial charge in [-0.15, -0.1) is 0 Å². The van der Waals surface area contributed by atoms with E-state index in [2.05, 4.69) is 32.8 Å². The highest BCUT2D eigenvalue weighted by Gasteiger charge is 2.45. The van der Waals surface area contributed by atoms with E-state index in [9.17, 15) is 4.79 Å². The van der Waals surface area contributed by atoms with Crippen LogP contribution in [0.4, 0.5) is 5.82 Å². The molecule has 1 unspecified atom stereocenters. The van der Waals surface area contributed by atoms with Crippen LogP contribution < -0.4 is 9.64 Å². The highest BCUT2D eigenvalue weighted by Crippen LogP contribution is 2.41. The number of hydrogen-bond donors (Lipinski definition) is 0. The van der Waals surface area contributed by atoms with Crippen molar-refractivity contribution >= 4 is 34.1 Å². The van der Waals surface area contributed by atoms with Gasteiger partial charge in [0, 0.05) is 42.0 Å². The summed E-state index contributed by atoms with van der Waals surface area (Å²) >= 11 is 6.71. The first-order valence-corrected chi connectivity index (χ1v) is 16.5. The van der Waals surface area contributed by atoms with Gasteiger partial charge in [0.25, 0.3) is 0 Å². The fourth-order valence-electron chi connectivity index (χ4n) is 7.85. The van der Waals surface area contributed by atoms with Crippen molar-refractivity contribution in [3.8, 4) is 6.01 Å². The highest BCUT2D eigenvalue weighted by atomic mass is 35.5. The number of carbonyl (C=O) groups excluding carboxylic acids is 1. The minimum atomic E-state index is -0.241. The molecular formula is C35H39ClN6O3. The first kappa shape index (κ1) is 30.0. The molecule has 234 valence electrons. The van der Waals surface area contributed by atoms with E-state index in [0.717, 1.165) is 59.3 Å². The second-order valence-electron chi connectivity index (χ2n) is 12.6. The van der Waals surface area contributed by atoms with Crippen LogP contribution in [0.2, 0.25) is 5.02 Å². The van der Waals surface area contributed by atoms with Crippen molar-refractivity contribution in [2.45, 2.75) is 63.3 Å². The first-order chi connectivity index (χ1) is 22.0. The molecule has 0 bridgehead atoms. The third kappa shape index (κ3) is 5.65. The molecule has 1 aromatic heterocycles. The molecule has 3 aromatic rings. The lowest BCUT2D eigenvalue weighted by atomic mass is 9.94. The number of hydrogen-bond acceptors (Lipinski definition) is 7. The molecule has 2 atom stereocenters. The molecule has 0 radical (unpaired) electrons. The van der Waals surface area contributed by atoms with Crippen molar-refractivity contribution in [1.82, 2.24) is 19.8 Å². The Bertz CT molecular complexity index is 1660. The summed E-state index contributed by atoms with van der Waals surface area (Å²) < 4.78 is 13.1. The molecule has 7 rings (SSSR count). The number of amides is 1. The number of rotatable bonds is 7. The lowest BCUT2D eigenvalue weighted by Crippen LogP contribution is -2.56. The maximum Gasteiger partial charge on any atom is 0.318 e. The van der Waals surface area contributed by atoms with Gasteiger partial charge in [-0.2, -0.15) is 9.97 Å². The predicted molar refractivity (Wildman–Crippen MR) is 174 cm³/mol. The first-order valence-electron chi connectivity index (χ1n) is 16.1. The number of halogens is 1. The van der Waals surface area contributed by atoms with Crippen LogP contribution in [-0.4, -0.2) is 83.1 Å². The van der Waals surface area contributed by atoms with Gasteiger partial charge >= 0.3 is 6.01 Å². The van der Waals surface area contributed by atoms with Crippen molar-refractivity contribution < 1.29 is 14.3 Å².